The van der Waals surface area contributed by atoms with Crippen LogP contribution in [0.1, 0.15) is 0 Å². The summed E-state index contributed by atoms with van der Waals surface area (Å²) in [5, 5.41) is -0.121. The second-order valence-corrected chi connectivity index (χ2v) is 7.02. The monoisotopic (exact) mass is 350 g/mol. The topological polar surface area (TPSA) is 87.7 Å². The maximum absolute atomic E-state index is 12.7. The van der Waals surface area contributed by atoms with Crippen LogP contribution >= 0.6 is 0 Å². The molecule has 0 aliphatic rings. The Bertz CT molecular complexity index is 1100. The number of nitrogens with one attached hydrogen (secondary N) is 2. The predicted molar refractivity (Wildman–Crippen MR) is 96.6 cm³/mol. The minimum Gasteiger partial charge on any atom is -0.327 e. The Kier molecular flexibility index (Phi) is 3.70. The quantitative estimate of drug-likeness (QED) is 0.590. The second-order valence-electron chi connectivity index (χ2n) is 5.43. The summed E-state index contributed by atoms with van der Waals surface area (Å²) in [5.74, 6) is 0. The minimum absolute atomic E-state index is 0.121. The average molecular weight is 350 g/mol. The number of nitrogens with zero attached hydrogens (tertiary/aromatic N) is 2. The fourth-order valence-corrected chi connectivity index (χ4v) is 3.59. The summed E-state index contributed by atoms with van der Waals surface area (Å²) in [4.78, 5) is 11.3. The standard InChI is InChI=1S/C18H14N4O2S/c23-25(24,18-20-16-10-3-4-11-17(16)21-18)22-15-9-2-1-7-13(15)14-8-5-6-12-19-14/h1-12,22H,(H,20,21). The Morgan fingerprint density at radius 1 is 0.880 bits per heavy atom. The number of pyridine rings is 1. The van der Waals surface area contributed by atoms with Gasteiger partial charge >= 0.3 is 0 Å². The molecular formula is C18H14N4O2S. The molecule has 124 valence electrons. The first-order chi connectivity index (χ1) is 12.1. The largest absolute Gasteiger partial charge is 0.327 e. The summed E-state index contributed by atoms with van der Waals surface area (Å²) < 4.78 is 28.1. The maximum atomic E-state index is 12.7. The van der Waals surface area contributed by atoms with E-state index in [9.17, 15) is 8.42 Å². The molecule has 2 aromatic carbocycles. The molecule has 4 rings (SSSR count). The molecule has 0 aliphatic heterocycles. The van der Waals surface area contributed by atoms with Crippen LogP contribution in [0.25, 0.3) is 22.3 Å². The van der Waals surface area contributed by atoms with Gasteiger partial charge in [0.05, 0.1) is 22.4 Å². The molecule has 0 aliphatic carbocycles. The molecule has 2 heterocycles. The van der Waals surface area contributed by atoms with Gasteiger partial charge in [-0.3, -0.25) is 9.71 Å². The molecule has 2 N–H and O–H groups in total. The Morgan fingerprint density at radius 3 is 2.44 bits per heavy atom. The molecule has 0 bridgehead atoms. The highest BCUT2D eigenvalue weighted by Crippen LogP contribution is 2.28. The SMILES string of the molecule is O=S(=O)(Nc1ccccc1-c1ccccn1)c1nc2ccccc2[nH]1. The molecule has 0 fully saturated rings. The first-order valence-corrected chi connectivity index (χ1v) is 9.10. The number of hydrogen-bond acceptors (Lipinski definition) is 4. The minimum atomic E-state index is -3.85. The van der Waals surface area contributed by atoms with Gasteiger partial charge in [-0.15, -0.1) is 0 Å². The average Bonchev–Trinajstić information content (AvgIpc) is 3.08. The fourth-order valence-electron chi connectivity index (χ4n) is 2.57. The van der Waals surface area contributed by atoms with E-state index >= 15 is 0 Å². The summed E-state index contributed by atoms with van der Waals surface area (Å²) in [6.45, 7) is 0. The van der Waals surface area contributed by atoms with Crippen LogP contribution in [0.3, 0.4) is 0 Å². The van der Waals surface area contributed by atoms with Gasteiger partial charge in [0.1, 0.15) is 0 Å². The Balaban J connectivity index is 1.75. The molecule has 0 radical (unpaired) electrons. The van der Waals surface area contributed by atoms with Gasteiger partial charge in [-0.05, 0) is 30.3 Å². The van der Waals surface area contributed by atoms with Crippen LogP contribution in [0, 0.1) is 0 Å². The lowest BCUT2D eigenvalue weighted by molar-refractivity contribution is 0.594. The third-order valence-electron chi connectivity index (χ3n) is 3.73. The van der Waals surface area contributed by atoms with E-state index in [1.54, 1.807) is 30.5 Å². The van der Waals surface area contributed by atoms with Crippen LogP contribution in [0.5, 0.6) is 0 Å². The summed E-state index contributed by atoms with van der Waals surface area (Å²) in [7, 11) is -3.85. The lowest BCUT2D eigenvalue weighted by Gasteiger charge is -2.10. The molecule has 4 aromatic rings. The number of H-pyrrole nitrogens is 1. The van der Waals surface area contributed by atoms with E-state index in [2.05, 4.69) is 19.7 Å². The molecule has 2 aromatic heterocycles. The zero-order valence-corrected chi connectivity index (χ0v) is 13.9. The molecule has 0 unspecified atom stereocenters. The lowest BCUT2D eigenvalue weighted by atomic mass is 10.1. The van der Waals surface area contributed by atoms with Gasteiger partial charge in [0.2, 0.25) is 5.16 Å². The van der Waals surface area contributed by atoms with Gasteiger partial charge in [0.25, 0.3) is 10.0 Å². The maximum Gasteiger partial charge on any atom is 0.295 e. The van der Waals surface area contributed by atoms with Crippen molar-refractivity contribution in [2.45, 2.75) is 5.16 Å². The van der Waals surface area contributed by atoms with Crippen LogP contribution in [-0.2, 0) is 10.0 Å². The molecule has 0 spiro atoms. The number of benzene rings is 2. The van der Waals surface area contributed by atoms with Gasteiger partial charge < -0.3 is 4.98 Å². The van der Waals surface area contributed by atoms with Crippen LogP contribution in [-0.4, -0.2) is 23.4 Å². The number of fused-ring (bicyclic) bond motifs is 1. The molecule has 0 atom stereocenters. The third kappa shape index (κ3) is 2.97. The van der Waals surface area contributed by atoms with Crippen molar-refractivity contribution in [2.24, 2.45) is 0 Å². The summed E-state index contributed by atoms with van der Waals surface area (Å²) in [6.07, 6.45) is 1.67. The lowest BCUT2D eigenvalue weighted by Crippen LogP contribution is -2.15. The summed E-state index contributed by atoms with van der Waals surface area (Å²) >= 11 is 0. The number of hydrogen-bond donors (Lipinski definition) is 2. The second kappa shape index (κ2) is 6.03. The molecule has 0 saturated carbocycles. The zero-order chi connectivity index (χ0) is 17.3. The Hall–Kier alpha value is -3.19. The van der Waals surface area contributed by atoms with E-state index in [-0.39, 0.29) is 5.16 Å². The van der Waals surface area contributed by atoms with Crippen LogP contribution < -0.4 is 4.72 Å². The Labute approximate surface area is 144 Å². The van der Waals surface area contributed by atoms with Gasteiger partial charge in [0, 0.05) is 11.8 Å². The van der Waals surface area contributed by atoms with Crippen LogP contribution in [0.15, 0.2) is 78.1 Å². The Morgan fingerprint density at radius 2 is 1.64 bits per heavy atom. The van der Waals surface area contributed by atoms with Crippen LogP contribution in [0.4, 0.5) is 5.69 Å². The van der Waals surface area contributed by atoms with E-state index in [4.69, 9.17) is 0 Å². The van der Waals surface area contributed by atoms with Crippen molar-refractivity contribution in [1.82, 2.24) is 15.0 Å². The van der Waals surface area contributed by atoms with Crippen molar-refractivity contribution >= 4 is 26.7 Å². The van der Waals surface area contributed by atoms with Crippen molar-refractivity contribution < 1.29 is 8.42 Å². The van der Waals surface area contributed by atoms with E-state index in [0.717, 1.165) is 0 Å². The fraction of sp³-hybridized carbons (Fsp3) is 0. The van der Waals surface area contributed by atoms with Crippen molar-refractivity contribution in [2.75, 3.05) is 4.72 Å². The number of aromatic nitrogens is 3. The van der Waals surface area contributed by atoms with E-state index in [0.29, 0.717) is 28.0 Å². The number of aromatic amines is 1. The first kappa shape index (κ1) is 15.3. The smallest absolute Gasteiger partial charge is 0.295 e. The van der Waals surface area contributed by atoms with Gasteiger partial charge in [0.15, 0.2) is 0 Å². The zero-order valence-electron chi connectivity index (χ0n) is 13.0. The number of imidazole rings is 1. The first-order valence-electron chi connectivity index (χ1n) is 7.61. The van der Waals surface area contributed by atoms with Gasteiger partial charge in [-0.25, -0.2) is 4.98 Å². The predicted octanol–water partition coefficient (Wildman–Crippen LogP) is 3.43. The molecular weight excluding hydrogens is 336 g/mol. The summed E-state index contributed by atoms with van der Waals surface area (Å²) in [5.41, 5.74) is 3.09. The van der Waals surface area contributed by atoms with Crippen molar-refractivity contribution in [3.63, 3.8) is 0 Å². The molecule has 6 nitrogen and oxygen atoms in total. The highest BCUT2D eigenvalue weighted by atomic mass is 32.2. The molecule has 7 heteroatoms. The van der Waals surface area contributed by atoms with Gasteiger partial charge in [-0.1, -0.05) is 36.4 Å². The van der Waals surface area contributed by atoms with Gasteiger partial charge in [-0.2, -0.15) is 8.42 Å². The van der Waals surface area contributed by atoms with Crippen molar-refractivity contribution in [3.8, 4) is 11.3 Å². The van der Waals surface area contributed by atoms with E-state index in [1.165, 1.54) is 0 Å². The number of anilines is 1. The number of rotatable bonds is 4. The van der Waals surface area contributed by atoms with Crippen molar-refractivity contribution in [3.05, 3.63) is 72.9 Å². The number of sulfonamides is 1. The third-order valence-corrected chi connectivity index (χ3v) is 4.93. The van der Waals surface area contributed by atoms with Crippen molar-refractivity contribution in [1.29, 1.82) is 0 Å². The highest BCUT2D eigenvalue weighted by Gasteiger charge is 2.20. The summed E-state index contributed by atoms with van der Waals surface area (Å²) in [6, 6.07) is 19.8. The highest BCUT2D eigenvalue weighted by molar-refractivity contribution is 7.92. The van der Waals surface area contributed by atoms with Crippen LogP contribution in [0.2, 0.25) is 0 Å². The molecule has 0 amide bonds. The van der Waals surface area contributed by atoms with E-state index < -0.39 is 10.0 Å². The molecule has 25 heavy (non-hydrogen) atoms. The normalized spacial score (nSPS) is 11.5. The van der Waals surface area contributed by atoms with E-state index in [1.807, 2.05) is 42.5 Å². The number of para-hydroxylation sites is 3. The molecule has 0 saturated heterocycles.